The fourth-order valence-electron chi connectivity index (χ4n) is 1.76. The number of hydrogen-bond acceptors (Lipinski definition) is 3. The molecule has 1 rings (SSSR count). The molecular weight excluding hydrogens is 269 g/mol. The molecule has 1 atom stereocenters. The van der Waals surface area contributed by atoms with Gasteiger partial charge in [-0.2, -0.15) is 18.4 Å². The molecule has 0 radical (unpaired) electrons. The first-order valence-corrected chi connectivity index (χ1v) is 6.34. The average Bonchev–Trinajstić information content (AvgIpc) is 2.35. The minimum absolute atomic E-state index is 0.0371. The van der Waals surface area contributed by atoms with Gasteiger partial charge >= 0.3 is 6.18 Å². The van der Waals surface area contributed by atoms with E-state index >= 15 is 0 Å². The van der Waals surface area contributed by atoms with Crippen LogP contribution in [-0.2, 0) is 0 Å². The molecule has 1 unspecified atom stereocenters. The lowest BCUT2D eigenvalue weighted by atomic mass is 10.1. The summed E-state index contributed by atoms with van der Waals surface area (Å²) in [5.74, 6) is 0.555. The van der Waals surface area contributed by atoms with Crippen LogP contribution >= 0.6 is 0 Å². The Labute approximate surface area is 116 Å². The normalized spacial score (nSPS) is 12.6. The maximum Gasteiger partial charge on any atom is 0.389 e. The van der Waals surface area contributed by atoms with Crippen LogP contribution in [0.15, 0.2) is 24.3 Å². The van der Waals surface area contributed by atoms with E-state index in [0.717, 1.165) is 5.69 Å². The molecule has 1 aromatic rings. The van der Waals surface area contributed by atoms with E-state index in [9.17, 15) is 13.2 Å². The lowest BCUT2D eigenvalue weighted by Gasteiger charge is -2.16. The molecule has 1 aromatic carbocycles. The lowest BCUT2D eigenvalue weighted by Crippen LogP contribution is -2.16. The standard InChI is InChI=1S/C14H17F3N2O/c1-11(4-3-7-14(15,16)17)19-12-5-2-6-13(10-12)20-9-8-18/h2,5-6,10-11,19H,3-4,7,9H2,1H3. The number of halogens is 3. The second-order valence-corrected chi connectivity index (χ2v) is 4.53. The van der Waals surface area contributed by atoms with Crippen molar-refractivity contribution in [2.24, 2.45) is 0 Å². The Kier molecular flexibility index (Phi) is 6.16. The van der Waals surface area contributed by atoms with Crippen molar-refractivity contribution < 1.29 is 17.9 Å². The van der Waals surface area contributed by atoms with Crippen LogP contribution in [0.25, 0.3) is 0 Å². The van der Waals surface area contributed by atoms with Crippen molar-refractivity contribution in [3.8, 4) is 11.8 Å². The predicted molar refractivity (Wildman–Crippen MR) is 70.5 cm³/mol. The molecule has 1 N–H and O–H groups in total. The summed E-state index contributed by atoms with van der Waals surface area (Å²) < 4.78 is 41.3. The van der Waals surface area contributed by atoms with Gasteiger partial charge in [0.15, 0.2) is 6.61 Å². The Hall–Kier alpha value is -1.90. The SMILES string of the molecule is CC(CCCC(F)(F)F)Nc1cccc(OCC#N)c1. The number of hydrogen-bond donors (Lipinski definition) is 1. The van der Waals surface area contributed by atoms with Gasteiger partial charge in [-0.1, -0.05) is 6.07 Å². The second kappa shape index (κ2) is 7.63. The number of rotatable bonds is 7. The number of alkyl halides is 3. The molecular formula is C14H17F3N2O. The number of nitrogens with zero attached hydrogens (tertiary/aromatic N) is 1. The van der Waals surface area contributed by atoms with Crippen LogP contribution in [0.2, 0.25) is 0 Å². The van der Waals surface area contributed by atoms with Crippen LogP contribution in [-0.4, -0.2) is 18.8 Å². The van der Waals surface area contributed by atoms with Gasteiger partial charge in [0.2, 0.25) is 0 Å². The molecule has 110 valence electrons. The first-order valence-electron chi connectivity index (χ1n) is 6.34. The molecule has 0 bridgehead atoms. The molecule has 0 aliphatic rings. The van der Waals surface area contributed by atoms with Gasteiger partial charge in [-0.15, -0.1) is 0 Å². The van der Waals surface area contributed by atoms with Gasteiger partial charge in [0.1, 0.15) is 11.8 Å². The zero-order chi connectivity index (χ0) is 15.0. The Morgan fingerprint density at radius 1 is 1.40 bits per heavy atom. The minimum Gasteiger partial charge on any atom is -0.479 e. The summed E-state index contributed by atoms with van der Waals surface area (Å²) in [5.41, 5.74) is 0.764. The molecule has 0 saturated heterocycles. The van der Waals surface area contributed by atoms with Crippen molar-refractivity contribution in [2.75, 3.05) is 11.9 Å². The molecule has 0 amide bonds. The first-order chi connectivity index (χ1) is 9.40. The minimum atomic E-state index is -4.09. The molecule has 0 spiro atoms. The van der Waals surface area contributed by atoms with Crippen LogP contribution < -0.4 is 10.1 Å². The third-order valence-corrected chi connectivity index (χ3v) is 2.65. The maximum absolute atomic E-state index is 12.0. The number of nitrogens with one attached hydrogen (secondary N) is 1. The van der Waals surface area contributed by atoms with Crippen LogP contribution in [0.3, 0.4) is 0 Å². The van der Waals surface area contributed by atoms with Crippen molar-refractivity contribution in [2.45, 2.75) is 38.4 Å². The highest BCUT2D eigenvalue weighted by molar-refractivity contribution is 5.48. The fourth-order valence-corrected chi connectivity index (χ4v) is 1.76. The van der Waals surface area contributed by atoms with E-state index in [1.54, 1.807) is 24.3 Å². The molecule has 0 heterocycles. The third kappa shape index (κ3) is 6.88. The van der Waals surface area contributed by atoms with Gasteiger partial charge in [0.05, 0.1) is 0 Å². The summed E-state index contributed by atoms with van der Waals surface area (Å²) in [6.45, 7) is 1.80. The average molecular weight is 286 g/mol. The van der Waals surface area contributed by atoms with Gasteiger partial charge in [-0.3, -0.25) is 0 Å². The van der Waals surface area contributed by atoms with Crippen LogP contribution in [0.5, 0.6) is 5.75 Å². The molecule has 0 fully saturated rings. The highest BCUT2D eigenvalue weighted by Gasteiger charge is 2.26. The van der Waals surface area contributed by atoms with E-state index in [-0.39, 0.29) is 19.1 Å². The van der Waals surface area contributed by atoms with Gasteiger partial charge in [0.25, 0.3) is 0 Å². The van der Waals surface area contributed by atoms with Gasteiger partial charge in [0, 0.05) is 24.2 Å². The fraction of sp³-hybridized carbons (Fsp3) is 0.500. The Bertz CT molecular complexity index is 454. The summed E-state index contributed by atoms with van der Waals surface area (Å²) in [6.07, 6.45) is -4.32. The zero-order valence-corrected chi connectivity index (χ0v) is 11.2. The van der Waals surface area contributed by atoms with Crippen molar-refractivity contribution in [3.63, 3.8) is 0 Å². The highest BCUT2D eigenvalue weighted by Crippen LogP contribution is 2.24. The third-order valence-electron chi connectivity index (χ3n) is 2.65. The second-order valence-electron chi connectivity index (χ2n) is 4.53. The Morgan fingerprint density at radius 3 is 2.80 bits per heavy atom. The van der Waals surface area contributed by atoms with Crippen molar-refractivity contribution in [3.05, 3.63) is 24.3 Å². The molecule has 0 aromatic heterocycles. The number of benzene rings is 1. The predicted octanol–water partition coefficient (Wildman–Crippen LogP) is 4.12. The van der Waals surface area contributed by atoms with Crippen molar-refractivity contribution in [1.29, 1.82) is 5.26 Å². The lowest BCUT2D eigenvalue weighted by molar-refractivity contribution is -0.135. The smallest absolute Gasteiger partial charge is 0.389 e. The Balaban J connectivity index is 2.41. The van der Waals surface area contributed by atoms with E-state index in [0.29, 0.717) is 12.2 Å². The quantitative estimate of drug-likeness (QED) is 0.820. The summed E-state index contributed by atoms with van der Waals surface area (Å²) >= 11 is 0. The zero-order valence-electron chi connectivity index (χ0n) is 11.2. The van der Waals surface area contributed by atoms with Crippen LogP contribution in [0, 0.1) is 11.3 Å². The molecule has 3 nitrogen and oxygen atoms in total. The largest absolute Gasteiger partial charge is 0.479 e. The van der Waals surface area contributed by atoms with Gasteiger partial charge < -0.3 is 10.1 Å². The summed E-state index contributed by atoms with van der Waals surface area (Å²) in [5, 5.41) is 11.5. The number of ether oxygens (including phenoxy) is 1. The monoisotopic (exact) mass is 286 g/mol. The molecule has 6 heteroatoms. The Morgan fingerprint density at radius 2 is 2.15 bits per heavy atom. The van der Waals surface area contributed by atoms with Crippen LogP contribution in [0.4, 0.5) is 18.9 Å². The summed E-state index contributed by atoms with van der Waals surface area (Å²) in [4.78, 5) is 0. The molecule has 0 aliphatic heterocycles. The van der Waals surface area contributed by atoms with Gasteiger partial charge in [-0.05, 0) is 31.9 Å². The van der Waals surface area contributed by atoms with Gasteiger partial charge in [-0.25, -0.2) is 0 Å². The van der Waals surface area contributed by atoms with Crippen molar-refractivity contribution >= 4 is 5.69 Å². The molecule has 20 heavy (non-hydrogen) atoms. The van der Waals surface area contributed by atoms with E-state index in [2.05, 4.69) is 5.32 Å². The van der Waals surface area contributed by atoms with E-state index in [4.69, 9.17) is 10.00 Å². The topological polar surface area (TPSA) is 45.0 Å². The summed E-state index contributed by atoms with van der Waals surface area (Å²) in [6, 6.07) is 8.81. The van der Waals surface area contributed by atoms with Crippen molar-refractivity contribution in [1.82, 2.24) is 0 Å². The first kappa shape index (κ1) is 16.2. The highest BCUT2D eigenvalue weighted by atomic mass is 19.4. The maximum atomic E-state index is 12.0. The van der Waals surface area contributed by atoms with E-state index in [1.807, 2.05) is 13.0 Å². The number of nitriles is 1. The van der Waals surface area contributed by atoms with Crippen LogP contribution in [0.1, 0.15) is 26.2 Å². The molecule has 0 aliphatic carbocycles. The van der Waals surface area contributed by atoms with E-state index in [1.165, 1.54) is 0 Å². The molecule has 0 saturated carbocycles. The van der Waals surface area contributed by atoms with E-state index < -0.39 is 12.6 Å². The number of anilines is 1. The summed E-state index contributed by atoms with van der Waals surface area (Å²) in [7, 11) is 0.